The third-order valence-electron chi connectivity index (χ3n) is 4.91. The van der Waals surface area contributed by atoms with Crippen LogP contribution in [0.15, 0.2) is 48.7 Å². The fourth-order valence-electron chi connectivity index (χ4n) is 3.43. The van der Waals surface area contributed by atoms with E-state index in [1.807, 2.05) is 42.5 Å². The van der Waals surface area contributed by atoms with Gasteiger partial charge in [-0.15, -0.1) is 5.10 Å². The van der Waals surface area contributed by atoms with Gasteiger partial charge in [-0.1, -0.05) is 23.4 Å². The van der Waals surface area contributed by atoms with Crippen LogP contribution < -0.4 is 5.32 Å². The van der Waals surface area contributed by atoms with Crippen molar-refractivity contribution in [2.45, 2.75) is 38.0 Å². The molecule has 7 nitrogen and oxygen atoms in total. The van der Waals surface area contributed by atoms with Gasteiger partial charge in [-0.2, -0.15) is 0 Å². The highest BCUT2D eigenvalue weighted by atomic mass is 16.3. The second-order valence-corrected chi connectivity index (χ2v) is 6.74. The van der Waals surface area contributed by atoms with Gasteiger partial charge >= 0.3 is 0 Å². The van der Waals surface area contributed by atoms with Crippen molar-refractivity contribution < 1.29 is 9.90 Å². The molecule has 2 heterocycles. The van der Waals surface area contributed by atoms with Gasteiger partial charge in [0.05, 0.1) is 29.9 Å². The minimum absolute atomic E-state index is 0.0541. The van der Waals surface area contributed by atoms with E-state index in [2.05, 4.69) is 20.6 Å². The number of carbonyl (C=O) groups excluding carboxylic acids is 1. The van der Waals surface area contributed by atoms with Gasteiger partial charge in [0.25, 0.3) is 0 Å². The molecule has 1 aromatic carbocycles. The summed E-state index contributed by atoms with van der Waals surface area (Å²) in [6, 6.07) is 13.2. The Labute approximate surface area is 151 Å². The van der Waals surface area contributed by atoms with Crippen molar-refractivity contribution >= 4 is 16.9 Å². The summed E-state index contributed by atoms with van der Waals surface area (Å²) >= 11 is 0. The van der Waals surface area contributed by atoms with Gasteiger partial charge in [-0.3, -0.25) is 9.78 Å². The van der Waals surface area contributed by atoms with Crippen molar-refractivity contribution in [2.24, 2.45) is 5.92 Å². The predicted molar refractivity (Wildman–Crippen MR) is 96.0 cm³/mol. The summed E-state index contributed by atoms with van der Waals surface area (Å²) in [5.74, 6) is 0.165. The van der Waals surface area contributed by atoms with E-state index in [0.29, 0.717) is 25.8 Å². The van der Waals surface area contributed by atoms with Crippen molar-refractivity contribution in [3.63, 3.8) is 0 Å². The largest absolute Gasteiger partial charge is 0.393 e. The molecule has 1 aliphatic carbocycles. The maximum Gasteiger partial charge on any atom is 0.222 e. The second-order valence-electron chi connectivity index (χ2n) is 6.74. The molecule has 4 rings (SSSR count). The Morgan fingerprint density at radius 2 is 2.04 bits per heavy atom. The molecule has 0 spiro atoms. The van der Waals surface area contributed by atoms with Gasteiger partial charge in [-0.25, -0.2) is 4.68 Å². The summed E-state index contributed by atoms with van der Waals surface area (Å²) in [6.07, 6.45) is 3.14. The third-order valence-corrected chi connectivity index (χ3v) is 4.91. The van der Waals surface area contributed by atoms with Crippen molar-refractivity contribution in [1.29, 1.82) is 0 Å². The van der Waals surface area contributed by atoms with E-state index >= 15 is 0 Å². The average Bonchev–Trinajstić information content (AvgIpc) is 3.06. The number of nitrogens with zero attached hydrogens (tertiary/aromatic N) is 4. The lowest BCUT2D eigenvalue weighted by Gasteiger charge is -2.37. The van der Waals surface area contributed by atoms with E-state index in [1.54, 1.807) is 10.9 Å². The van der Waals surface area contributed by atoms with Crippen LogP contribution >= 0.6 is 0 Å². The molecular weight excluding hydrogens is 330 g/mol. The molecule has 0 radical (unpaired) electrons. The molecule has 2 aromatic heterocycles. The van der Waals surface area contributed by atoms with Gasteiger partial charge < -0.3 is 10.4 Å². The monoisotopic (exact) mass is 351 g/mol. The van der Waals surface area contributed by atoms with Crippen LogP contribution in [0.2, 0.25) is 0 Å². The molecule has 1 saturated carbocycles. The summed E-state index contributed by atoms with van der Waals surface area (Å²) in [5, 5.41) is 20.9. The quantitative estimate of drug-likeness (QED) is 0.707. The summed E-state index contributed by atoms with van der Waals surface area (Å²) < 4.78 is 1.75. The molecule has 134 valence electrons. The van der Waals surface area contributed by atoms with E-state index in [-0.39, 0.29) is 24.0 Å². The number of aliphatic hydroxyl groups excluding tert-OH is 1. The lowest BCUT2D eigenvalue weighted by Crippen LogP contribution is -2.42. The number of pyridine rings is 1. The minimum atomic E-state index is -0.273. The normalized spacial score (nSPS) is 20.5. The van der Waals surface area contributed by atoms with Crippen molar-refractivity contribution in [2.75, 3.05) is 0 Å². The molecule has 1 fully saturated rings. The Kier molecular flexibility index (Phi) is 4.62. The Hall–Kier alpha value is -2.80. The first-order valence-corrected chi connectivity index (χ1v) is 8.87. The van der Waals surface area contributed by atoms with E-state index in [4.69, 9.17) is 0 Å². The number of rotatable bonds is 6. The molecule has 0 saturated heterocycles. The highest BCUT2D eigenvalue weighted by Gasteiger charge is 2.36. The molecule has 2 N–H and O–H groups in total. The van der Waals surface area contributed by atoms with Crippen LogP contribution in [0.4, 0.5) is 0 Å². The van der Waals surface area contributed by atoms with Crippen LogP contribution in [0.3, 0.4) is 0 Å². The summed E-state index contributed by atoms with van der Waals surface area (Å²) in [4.78, 5) is 16.9. The Balaban J connectivity index is 1.42. The number of hydrogen-bond donors (Lipinski definition) is 2. The summed E-state index contributed by atoms with van der Waals surface area (Å²) in [7, 11) is 0. The first kappa shape index (κ1) is 16.7. The van der Waals surface area contributed by atoms with Gasteiger partial charge in [0, 0.05) is 12.6 Å². The molecule has 0 bridgehead atoms. The van der Waals surface area contributed by atoms with Crippen LogP contribution in [0.5, 0.6) is 0 Å². The predicted octanol–water partition coefficient (Wildman–Crippen LogP) is 1.84. The van der Waals surface area contributed by atoms with Gasteiger partial charge in [0.15, 0.2) is 0 Å². The molecule has 0 unspecified atom stereocenters. The number of amides is 1. The van der Waals surface area contributed by atoms with Crippen molar-refractivity contribution in [3.8, 4) is 0 Å². The molecule has 7 heteroatoms. The average molecular weight is 351 g/mol. The Morgan fingerprint density at radius 1 is 1.23 bits per heavy atom. The molecule has 26 heavy (non-hydrogen) atoms. The molecule has 0 aliphatic heterocycles. The van der Waals surface area contributed by atoms with Gasteiger partial charge in [0.1, 0.15) is 5.52 Å². The van der Waals surface area contributed by atoms with E-state index in [0.717, 1.165) is 16.7 Å². The standard InChI is InChI=1S/C19H21N5O2/c25-14-11-13(12-14)19(16-6-3-4-9-20-16)21-18(26)8-10-24-17-7-2-1-5-15(17)22-23-24/h1-7,9,13-14,19,25H,8,10-12H2,(H,21,26)/t13?,14?,19-/m0/s1. The number of hydrogen-bond acceptors (Lipinski definition) is 5. The number of nitrogens with one attached hydrogen (secondary N) is 1. The molecular formula is C19H21N5O2. The lowest BCUT2D eigenvalue weighted by molar-refractivity contribution is -0.123. The minimum Gasteiger partial charge on any atom is -0.393 e. The van der Waals surface area contributed by atoms with Crippen LogP contribution in [0, 0.1) is 5.92 Å². The SMILES string of the molecule is O=C(CCn1nnc2ccccc21)N[C@H](c1ccccn1)C1CC(O)C1. The molecule has 1 amide bonds. The van der Waals surface area contributed by atoms with Gasteiger partial charge in [0.2, 0.25) is 5.91 Å². The van der Waals surface area contributed by atoms with E-state index in [9.17, 15) is 9.90 Å². The number of benzene rings is 1. The van der Waals surface area contributed by atoms with E-state index in [1.165, 1.54) is 0 Å². The summed E-state index contributed by atoms with van der Waals surface area (Å²) in [5.41, 5.74) is 2.58. The molecule has 3 aromatic rings. The number of carbonyl (C=O) groups is 1. The number of aliphatic hydroxyl groups is 1. The fraction of sp³-hybridized carbons (Fsp3) is 0.368. The summed E-state index contributed by atoms with van der Waals surface area (Å²) in [6.45, 7) is 0.467. The second kappa shape index (κ2) is 7.21. The van der Waals surface area contributed by atoms with Crippen LogP contribution in [0.1, 0.15) is 31.0 Å². The first-order valence-electron chi connectivity index (χ1n) is 8.87. The number of aryl methyl sites for hydroxylation is 1. The van der Waals surface area contributed by atoms with Crippen LogP contribution in [-0.4, -0.2) is 37.1 Å². The third kappa shape index (κ3) is 3.43. The smallest absolute Gasteiger partial charge is 0.222 e. The highest BCUT2D eigenvalue weighted by Crippen LogP contribution is 2.37. The van der Waals surface area contributed by atoms with Crippen molar-refractivity contribution in [1.82, 2.24) is 25.3 Å². The Morgan fingerprint density at radius 3 is 2.81 bits per heavy atom. The zero-order chi connectivity index (χ0) is 17.9. The lowest BCUT2D eigenvalue weighted by atomic mass is 9.76. The zero-order valence-electron chi connectivity index (χ0n) is 14.3. The van der Waals surface area contributed by atoms with E-state index < -0.39 is 0 Å². The van der Waals surface area contributed by atoms with Gasteiger partial charge in [-0.05, 0) is 43.0 Å². The maximum absolute atomic E-state index is 12.5. The highest BCUT2D eigenvalue weighted by molar-refractivity contribution is 5.77. The number of aromatic nitrogens is 4. The number of para-hydroxylation sites is 1. The number of fused-ring (bicyclic) bond motifs is 1. The molecule has 1 atom stereocenters. The fourth-order valence-corrected chi connectivity index (χ4v) is 3.43. The van der Waals surface area contributed by atoms with Crippen LogP contribution in [0.25, 0.3) is 11.0 Å². The van der Waals surface area contributed by atoms with Crippen molar-refractivity contribution in [3.05, 3.63) is 54.4 Å². The maximum atomic E-state index is 12.5. The van der Waals surface area contributed by atoms with Crippen LogP contribution in [-0.2, 0) is 11.3 Å². The zero-order valence-corrected chi connectivity index (χ0v) is 14.3. The first-order chi connectivity index (χ1) is 12.7. The topological polar surface area (TPSA) is 92.9 Å². The Bertz CT molecular complexity index is 889. The molecule has 1 aliphatic rings.